The maximum atomic E-state index is 5.38. The van der Waals surface area contributed by atoms with Gasteiger partial charge in [0.1, 0.15) is 0 Å². The van der Waals surface area contributed by atoms with Gasteiger partial charge < -0.3 is 14.8 Å². The second-order valence-electron chi connectivity index (χ2n) is 4.18. The van der Waals surface area contributed by atoms with E-state index in [1.807, 2.05) is 19.1 Å². The van der Waals surface area contributed by atoms with Crippen LogP contribution in [0, 0.1) is 0 Å². The van der Waals surface area contributed by atoms with Crippen LogP contribution < -0.4 is 14.8 Å². The van der Waals surface area contributed by atoms with Gasteiger partial charge in [-0.3, -0.25) is 0 Å². The summed E-state index contributed by atoms with van der Waals surface area (Å²) in [5.41, 5.74) is 1.09. The van der Waals surface area contributed by atoms with E-state index in [1.165, 1.54) is 0 Å². The maximum absolute atomic E-state index is 5.38. The second-order valence-corrected chi connectivity index (χ2v) is 5.04. The van der Waals surface area contributed by atoms with Gasteiger partial charge in [0.15, 0.2) is 17.3 Å². The number of tetrazole rings is 1. The van der Waals surface area contributed by atoms with E-state index in [2.05, 4.69) is 41.9 Å². The number of aromatic amines is 1. The van der Waals surface area contributed by atoms with E-state index in [-0.39, 0.29) is 12.8 Å². The highest BCUT2D eigenvalue weighted by Gasteiger charge is 2.18. The fraction of sp³-hybridized carbons (Fsp3) is 0.364. The van der Waals surface area contributed by atoms with Crippen molar-refractivity contribution in [2.75, 3.05) is 6.79 Å². The lowest BCUT2D eigenvalue weighted by atomic mass is 10.2. The van der Waals surface area contributed by atoms with Gasteiger partial charge in [-0.2, -0.15) is 5.21 Å². The van der Waals surface area contributed by atoms with Gasteiger partial charge in [-0.05, 0) is 40.5 Å². The molecule has 0 spiro atoms. The number of nitrogens with zero attached hydrogens (tertiary/aromatic N) is 3. The number of hydrogen-bond acceptors (Lipinski definition) is 6. The molecular weight excluding hydrogens is 314 g/mol. The molecule has 1 aliphatic rings. The Balaban J connectivity index is 1.69. The van der Waals surface area contributed by atoms with Gasteiger partial charge in [-0.1, -0.05) is 5.21 Å². The lowest BCUT2D eigenvalue weighted by Crippen LogP contribution is -2.19. The number of halogens is 1. The van der Waals surface area contributed by atoms with Gasteiger partial charge in [0.05, 0.1) is 10.5 Å². The van der Waals surface area contributed by atoms with Crippen LogP contribution in [0.2, 0.25) is 0 Å². The van der Waals surface area contributed by atoms with Gasteiger partial charge in [-0.25, -0.2) is 0 Å². The van der Waals surface area contributed by atoms with Crippen molar-refractivity contribution in [1.82, 2.24) is 25.9 Å². The molecule has 2 N–H and O–H groups in total. The van der Waals surface area contributed by atoms with Crippen molar-refractivity contribution >= 4 is 15.9 Å². The predicted molar refractivity (Wildman–Crippen MR) is 69.7 cm³/mol. The molecule has 0 aliphatic carbocycles. The first-order chi connectivity index (χ1) is 9.24. The summed E-state index contributed by atoms with van der Waals surface area (Å²) in [4.78, 5) is 0. The average molecular weight is 326 g/mol. The third-order valence-electron chi connectivity index (χ3n) is 2.85. The van der Waals surface area contributed by atoms with Crippen molar-refractivity contribution < 1.29 is 9.47 Å². The van der Waals surface area contributed by atoms with Crippen molar-refractivity contribution in [2.24, 2.45) is 0 Å². The molecule has 7 nitrogen and oxygen atoms in total. The van der Waals surface area contributed by atoms with E-state index in [1.54, 1.807) is 0 Å². The summed E-state index contributed by atoms with van der Waals surface area (Å²) in [6.07, 6.45) is 0. The Bertz CT molecular complexity index is 575. The van der Waals surface area contributed by atoms with Crippen LogP contribution in [-0.2, 0) is 6.54 Å². The molecule has 0 fully saturated rings. The summed E-state index contributed by atoms with van der Waals surface area (Å²) in [7, 11) is 0. The van der Waals surface area contributed by atoms with Gasteiger partial charge in [-0.15, -0.1) is 10.2 Å². The number of benzene rings is 1. The molecule has 1 aromatic heterocycles. The molecule has 2 heterocycles. The third-order valence-corrected chi connectivity index (χ3v) is 3.44. The normalized spacial score (nSPS) is 14.6. The standard InChI is InChI=1S/C11H12BrN5O2/c1-6(11-14-16-17-15-11)13-4-7-2-8(12)10-9(3-7)18-5-19-10/h2-3,6,13H,4-5H2,1H3,(H,14,15,16,17). The molecule has 3 rings (SSSR count). The summed E-state index contributed by atoms with van der Waals surface area (Å²) in [6, 6.07) is 3.98. The fourth-order valence-electron chi connectivity index (χ4n) is 1.84. The molecule has 1 atom stereocenters. The lowest BCUT2D eigenvalue weighted by Gasteiger charge is -2.10. The number of hydrogen-bond donors (Lipinski definition) is 2. The first-order valence-electron chi connectivity index (χ1n) is 5.79. The first-order valence-corrected chi connectivity index (χ1v) is 6.58. The number of rotatable bonds is 4. The van der Waals surface area contributed by atoms with Crippen molar-refractivity contribution in [2.45, 2.75) is 19.5 Å². The van der Waals surface area contributed by atoms with Crippen LogP contribution in [0.4, 0.5) is 0 Å². The molecule has 1 aliphatic heterocycles. The zero-order chi connectivity index (χ0) is 13.2. The Morgan fingerprint density at radius 1 is 1.47 bits per heavy atom. The number of aromatic nitrogens is 4. The minimum Gasteiger partial charge on any atom is -0.454 e. The lowest BCUT2D eigenvalue weighted by molar-refractivity contribution is 0.173. The molecule has 1 aromatic carbocycles. The Morgan fingerprint density at radius 2 is 2.37 bits per heavy atom. The minimum absolute atomic E-state index is 0.0166. The second kappa shape index (κ2) is 5.14. The number of fused-ring (bicyclic) bond motifs is 1. The van der Waals surface area contributed by atoms with Crippen LogP contribution in [0.1, 0.15) is 24.4 Å². The van der Waals surface area contributed by atoms with Gasteiger partial charge in [0.25, 0.3) is 0 Å². The van der Waals surface area contributed by atoms with E-state index in [0.717, 1.165) is 21.5 Å². The van der Waals surface area contributed by atoms with E-state index in [4.69, 9.17) is 9.47 Å². The number of ether oxygens (including phenoxy) is 2. The molecule has 0 amide bonds. The van der Waals surface area contributed by atoms with E-state index >= 15 is 0 Å². The molecule has 100 valence electrons. The summed E-state index contributed by atoms with van der Waals surface area (Å²) in [6.45, 7) is 2.92. The summed E-state index contributed by atoms with van der Waals surface area (Å²) in [5.74, 6) is 2.16. The van der Waals surface area contributed by atoms with Crippen LogP contribution in [0.3, 0.4) is 0 Å². The largest absolute Gasteiger partial charge is 0.454 e. The third kappa shape index (κ3) is 2.54. The Morgan fingerprint density at radius 3 is 3.16 bits per heavy atom. The molecule has 0 saturated heterocycles. The quantitative estimate of drug-likeness (QED) is 0.887. The summed E-state index contributed by atoms with van der Waals surface area (Å²) < 4.78 is 11.6. The molecule has 2 aromatic rings. The molecule has 0 radical (unpaired) electrons. The monoisotopic (exact) mass is 325 g/mol. The number of nitrogens with one attached hydrogen (secondary N) is 2. The van der Waals surface area contributed by atoms with Crippen LogP contribution in [-0.4, -0.2) is 27.4 Å². The Labute approximate surface area is 117 Å². The van der Waals surface area contributed by atoms with Crippen LogP contribution in [0.5, 0.6) is 11.5 Å². The van der Waals surface area contributed by atoms with E-state index < -0.39 is 0 Å². The van der Waals surface area contributed by atoms with E-state index in [0.29, 0.717) is 12.4 Å². The Hall–Kier alpha value is -1.67. The molecule has 19 heavy (non-hydrogen) atoms. The first kappa shape index (κ1) is 12.4. The molecule has 1 unspecified atom stereocenters. The number of H-pyrrole nitrogens is 1. The molecule has 8 heteroatoms. The zero-order valence-electron chi connectivity index (χ0n) is 10.2. The van der Waals surface area contributed by atoms with Crippen molar-refractivity contribution in [3.8, 4) is 11.5 Å². The van der Waals surface area contributed by atoms with Crippen LogP contribution in [0.25, 0.3) is 0 Å². The summed E-state index contributed by atoms with van der Waals surface area (Å²) >= 11 is 3.47. The van der Waals surface area contributed by atoms with Crippen molar-refractivity contribution in [3.05, 3.63) is 28.0 Å². The maximum Gasteiger partial charge on any atom is 0.231 e. The van der Waals surface area contributed by atoms with Crippen molar-refractivity contribution in [1.29, 1.82) is 0 Å². The van der Waals surface area contributed by atoms with Gasteiger partial charge in [0.2, 0.25) is 6.79 Å². The topological polar surface area (TPSA) is 85.0 Å². The van der Waals surface area contributed by atoms with Crippen molar-refractivity contribution in [3.63, 3.8) is 0 Å². The Kier molecular flexibility index (Phi) is 3.34. The van der Waals surface area contributed by atoms with Gasteiger partial charge >= 0.3 is 0 Å². The zero-order valence-corrected chi connectivity index (χ0v) is 11.8. The highest BCUT2D eigenvalue weighted by atomic mass is 79.9. The summed E-state index contributed by atoms with van der Waals surface area (Å²) in [5, 5.41) is 17.2. The smallest absolute Gasteiger partial charge is 0.231 e. The molecular formula is C11H12BrN5O2. The van der Waals surface area contributed by atoms with E-state index in [9.17, 15) is 0 Å². The fourth-order valence-corrected chi connectivity index (χ4v) is 2.44. The minimum atomic E-state index is 0.0166. The SMILES string of the molecule is CC(NCc1cc(Br)c2c(c1)OCO2)c1nn[nH]n1. The highest BCUT2D eigenvalue weighted by molar-refractivity contribution is 9.10. The highest BCUT2D eigenvalue weighted by Crippen LogP contribution is 2.39. The van der Waals surface area contributed by atoms with Crippen LogP contribution >= 0.6 is 15.9 Å². The predicted octanol–water partition coefficient (Wildman–Crippen LogP) is 1.54. The molecule has 0 bridgehead atoms. The van der Waals surface area contributed by atoms with Gasteiger partial charge in [0, 0.05) is 6.54 Å². The molecule has 0 saturated carbocycles. The van der Waals surface area contributed by atoms with Crippen LogP contribution in [0.15, 0.2) is 16.6 Å². The average Bonchev–Trinajstić information content (AvgIpc) is 3.06.